The predicted octanol–water partition coefficient (Wildman–Crippen LogP) is 3.39. The summed E-state index contributed by atoms with van der Waals surface area (Å²) in [7, 11) is 8.87. The van der Waals surface area contributed by atoms with Gasteiger partial charge in [-0.3, -0.25) is 4.99 Å². The summed E-state index contributed by atoms with van der Waals surface area (Å²) in [5, 5.41) is 3.45. The van der Waals surface area contributed by atoms with Crippen molar-refractivity contribution in [2.75, 3.05) is 48.5 Å². The number of ether oxygens (including phenoxy) is 3. The number of likely N-dealkylation sites (N-methyl/N-ethyl adjacent to an activating group) is 1. The average Bonchev–Trinajstić information content (AvgIpc) is 2.77. The molecule has 0 fully saturated rings. The van der Waals surface area contributed by atoms with Crippen LogP contribution in [0.25, 0.3) is 0 Å². The molecular formula is C23H33N3O3. The summed E-state index contributed by atoms with van der Waals surface area (Å²) in [5.41, 5.74) is 2.51. The number of benzene rings is 2. The number of hydrogen-bond donors (Lipinski definition) is 1. The number of guanidine groups is 1. The van der Waals surface area contributed by atoms with Crippen LogP contribution in [0.5, 0.6) is 17.2 Å². The second-order valence-corrected chi connectivity index (χ2v) is 6.79. The van der Waals surface area contributed by atoms with Crippen molar-refractivity contribution in [3.8, 4) is 17.2 Å². The Balaban J connectivity index is 1.77. The highest BCUT2D eigenvalue weighted by atomic mass is 16.5. The molecular weight excluding hydrogens is 366 g/mol. The van der Waals surface area contributed by atoms with E-state index < -0.39 is 0 Å². The minimum absolute atomic E-state index is 0.749. The smallest absolute Gasteiger partial charge is 0.193 e. The van der Waals surface area contributed by atoms with E-state index in [0.29, 0.717) is 0 Å². The molecule has 2 rings (SSSR count). The lowest BCUT2D eigenvalue weighted by Gasteiger charge is -2.22. The first-order valence-electron chi connectivity index (χ1n) is 9.87. The molecule has 0 aliphatic rings. The van der Waals surface area contributed by atoms with E-state index in [-0.39, 0.29) is 0 Å². The second-order valence-electron chi connectivity index (χ2n) is 6.79. The zero-order valence-corrected chi connectivity index (χ0v) is 18.2. The predicted molar refractivity (Wildman–Crippen MR) is 119 cm³/mol. The van der Waals surface area contributed by atoms with Crippen LogP contribution in [0.3, 0.4) is 0 Å². The van der Waals surface area contributed by atoms with Crippen LogP contribution in [-0.2, 0) is 12.8 Å². The Morgan fingerprint density at radius 3 is 2.21 bits per heavy atom. The third-order valence-electron chi connectivity index (χ3n) is 4.84. The van der Waals surface area contributed by atoms with Gasteiger partial charge in [-0.1, -0.05) is 18.2 Å². The molecule has 1 N–H and O–H groups in total. The van der Waals surface area contributed by atoms with Crippen molar-refractivity contribution in [1.82, 2.24) is 10.2 Å². The van der Waals surface area contributed by atoms with Gasteiger partial charge in [0.15, 0.2) is 17.5 Å². The van der Waals surface area contributed by atoms with Crippen molar-refractivity contribution < 1.29 is 14.2 Å². The van der Waals surface area contributed by atoms with E-state index in [0.717, 1.165) is 55.6 Å². The van der Waals surface area contributed by atoms with Gasteiger partial charge in [-0.15, -0.1) is 0 Å². The molecule has 6 heteroatoms. The van der Waals surface area contributed by atoms with Crippen molar-refractivity contribution in [2.45, 2.75) is 19.3 Å². The van der Waals surface area contributed by atoms with Crippen LogP contribution in [0, 0.1) is 0 Å². The lowest BCUT2D eigenvalue weighted by molar-refractivity contribution is 0.354. The van der Waals surface area contributed by atoms with Crippen molar-refractivity contribution >= 4 is 5.96 Å². The van der Waals surface area contributed by atoms with Gasteiger partial charge >= 0.3 is 0 Å². The van der Waals surface area contributed by atoms with Gasteiger partial charge in [-0.05, 0) is 54.7 Å². The minimum Gasteiger partial charge on any atom is -0.497 e. The molecule has 0 aliphatic carbocycles. The summed E-state index contributed by atoms with van der Waals surface area (Å²) in [6.45, 7) is 1.73. The highest BCUT2D eigenvalue weighted by Gasteiger charge is 2.08. The summed E-state index contributed by atoms with van der Waals surface area (Å²) in [5.74, 6) is 3.30. The number of hydrogen-bond acceptors (Lipinski definition) is 4. The van der Waals surface area contributed by atoms with Gasteiger partial charge in [-0.2, -0.15) is 0 Å². The third-order valence-corrected chi connectivity index (χ3v) is 4.84. The lowest BCUT2D eigenvalue weighted by Crippen LogP contribution is -2.40. The average molecular weight is 400 g/mol. The minimum atomic E-state index is 0.749. The number of nitrogens with zero attached hydrogens (tertiary/aromatic N) is 2. The van der Waals surface area contributed by atoms with Crippen LogP contribution in [0.2, 0.25) is 0 Å². The molecule has 0 unspecified atom stereocenters. The highest BCUT2D eigenvalue weighted by Crippen LogP contribution is 2.27. The molecule has 2 aromatic carbocycles. The molecule has 6 nitrogen and oxygen atoms in total. The maximum Gasteiger partial charge on any atom is 0.193 e. The van der Waals surface area contributed by atoms with Gasteiger partial charge in [-0.25, -0.2) is 0 Å². The molecule has 0 aliphatic heterocycles. The van der Waals surface area contributed by atoms with Gasteiger partial charge in [0.25, 0.3) is 0 Å². The summed E-state index contributed by atoms with van der Waals surface area (Å²) in [6, 6.07) is 14.3. The first-order valence-corrected chi connectivity index (χ1v) is 9.87. The zero-order valence-electron chi connectivity index (χ0n) is 18.2. The van der Waals surface area contributed by atoms with Gasteiger partial charge in [0.05, 0.1) is 21.3 Å². The summed E-state index contributed by atoms with van der Waals surface area (Å²) in [6.07, 6.45) is 2.95. The Morgan fingerprint density at radius 1 is 0.897 bits per heavy atom. The molecule has 2 aromatic rings. The van der Waals surface area contributed by atoms with E-state index >= 15 is 0 Å². The van der Waals surface area contributed by atoms with E-state index in [9.17, 15) is 0 Å². The Kier molecular flexibility index (Phi) is 9.15. The monoisotopic (exact) mass is 399 g/mol. The van der Waals surface area contributed by atoms with Gasteiger partial charge in [0.2, 0.25) is 0 Å². The fraction of sp³-hybridized carbons (Fsp3) is 0.435. The third kappa shape index (κ3) is 6.89. The van der Waals surface area contributed by atoms with Crippen LogP contribution < -0.4 is 19.5 Å². The summed E-state index contributed by atoms with van der Waals surface area (Å²) < 4.78 is 15.9. The van der Waals surface area contributed by atoms with Crippen molar-refractivity contribution in [3.05, 3.63) is 53.6 Å². The van der Waals surface area contributed by atoms with Crippen LogP contribution in [0.15, 0.2) is 47.5 Å². The number of rotatable bonds is 10. The van der Waals surface area contributed by atoms with Crippen LogP contribution in [0.1, 0.15) is 17.5 Å². The van der Waals surface area contributed by atoms with E-state index in [1.807, 2.05) is 31.3 Å². The number of methoxy groups -OCH3 is 3. The van der Waals surface area contributed by atoms with Crippen LogP contribution in [0.4, 0.5) is 0 Å². The van der Waals surface area contributed by atoms with Gasteiger partial charge in [0.1, 0.15) is 5.75 Å². The molecule has 0 atom stereocenters. The molecule has 0 radical (unpaired) electrons. The molecule has 0 heterocycles. The van der Waals surface area contributed by atoms with Crippen molar-refractivity contribution in [2.24, 2.45) is 4.99 Å². The first kappa shape index (κ1) is 22.4. The number of nitrogens with one attached hydrogen (secondary N) is 1. The summed E-state index contributed by atoms with van der Waals surface area (Å²) in [4.78, 5) is 6.54. The molecule has 0 spiro atoms. The van der Waals surface area contributed by atoms with Crippen molar-refractivity contribution in [1.29, 1.82) is 0 Å². The highest BCUT2D eigenvalue weighted by molar-refractivity contribution is 5.79. The van der Waals surface area contributed by atoms with Gasteiger partial charge < -0.3 is 24.4 Å². The summed E-state index contributed by atoms with van der Waals surface area (Å²) >= 11 is 0. The molecule has 158 valence electrons. The lowest BCUT2D eigenvalue weighted by atomic mass is 10.1. The van der Waals surface area contributed by atoms with Crippen LogP contribution >= 0.6 is 0 Å². The molecule has 29 heavy (non-hydrogen) atoms. The Morgan fingerprint density at radius 2 is 1.59 bits per heavy atom. The fourth-order valence-corrected chi connectivity index (χ4v) is 3.11. The Hall–Kier alpha value is -2.89. The molecule has 0 saturated heterocycles. The number of aliphatic imine (C=N–C) groups is 1. The largest absolute Gasteiger partial charge is 0.497 e. The normalized spacial score (nSPS) is 11.1. The quantitative estimate of drug-likeness (QED) is 0.377. The fourth-order valence-electron chi connectivity index (χ4n) is 3.11. The van der Waals surface area contributed by atoms with Crippen molar-refractivity contribution in [3.63, 3.8) is 0 Å². The molecule has 0 amide bonds. The molecule has 0 saturated carbocycles. The SMILES string of the molecule is CN=C(NCCCc1ccc(OC)cc1)N(C)CCc1ccc(OC)c(OC)c1. The maximum atomic E-state index is 5.39. The molecule has 0 bridgehead atoms. The van der Waals surface area contributed by atoms with E-state index in [4.69, 9.17) is 14.2 Å². The maximum absolute atomic E-state index is 5.39. The number of aryl methyl sites for hydroxylation is 1. The standard InChI is InChI=1S/C23H33N3O3/c1-24-23(25-15-6-7-18-8-11-20(27-3)12-9-18)26(2)16-14-19-10-13-21(28-4)22(17-19)29-5/h8-13,17H,6-7,14-16H2,1-5H3,(H,24,25). The van der Waals surface area contributed by atoms with Crippen LogP contribution in [-0.4, -0.2) is 59.4 Å². The first-order chi connectivity index (χ1) is 14.1. The Labute approximate surface area is 174 Å². The zero-order chi connectivity index (χ0) is 21.1. The van der Waals surface area contributed by atoms with E-state index in [1.165, 1.54) is 11.1 Å². The van der Waals surface area contributed by atoms with E-state index in [1.54, 1.807) is 21.3 Å². The second kappa shape index (κ2) is 11.8. The molecule has 0 aromatic heterocycles. The van der Waals surface area contributed by atoms with Gasteiger partial charge in [0, 0.05) is 27.2 Å². The topological polar surface area (TPSA) is 55.3 Å². The van der Waals surface area contributed by atoms with E-state index in [2.05, 4.69) is 40.5 Å². The Bertz CT molecular complexity index is 775.